The first kappa shape index (κ1) is 15.1. The van der Waals surface area contributed by atoms with E-state index in [1.807, 2.05) is 84.9 Å². The van der Waals surface area contributed by atoms with Gasteiger partial charge >= 0.3 is 0 Å². The maximum atomic E-state index is 5.31. The van der Waals surface area contributed by atoms with E-state index in [1.54, 1.807) is 11.9 Å². The SMILES string of the molecule is COc1cccc(-n2nc(-c3ccccc3)c(-c3ccccc3)n2)c1. The second-order valence-electron chi connectivity index (χ2n) is 5.62. The lowest BCUT2D eigenvalue weighted by Gasteiger charge is -2.02. The van der Waals surface area contributed by atoms with Crippen LogP contribution in [-0.4, -0.2) is 22.1 Å². The van der Waals surface area contributed by atoms with Crippen LogP contribution in [0.2, 0.25) is 0 Å². The lowest BCUT2D eigenvalue weighted by molar-refractivity contribution is 0.414. The Hall–Kier alpha value is -3.40. The van der Waals surface area contributed by atoms with Crippen LogP contribution < -0.4 is 4.74 Å². The molecule has 0 fully saturated rings. The van der Waals surface area contributed by atoms with Crippen LogP contribution in [0.3, 0.4) is 0 Å². The molecule has 25 heavy (non-hydrogen) atoms. The number of nitrogens with zero attached hydrogens (tertiary/aromatic N) is 3. The Morgan fingerprint density at radius 3 is 1.76 bits per heavy atom. The average molecular weight is 327 g/mol. The highest BCUT2D eigenvalue weighted by atomic mass is 16.5. The van der Waals surface area contributed by atoms with Gasteiger partial charge in [0.05, 0.1) is 12.8 Å². The lowest BCUT2D eigenvalue weighted by Crippen LogP contribution is -1.99. The molecule has 0 N–H and O–H groups in total. The molecule has 4 heteroatoms. The molecule has 4 nitrogen and oxygen atoms in total. The van der Waals surface area contributed by atoms with Gasteiger partial charge in [0.15, 0.2) is 0 Å². The Kier molecular flexibility index (Phi) is 4.01. The molecular weight excluding hydrogens is 310 g/mol. The van der Waals surface area contributed by atoms with Gasteiger partial charge in [0.25, 0.3) is 0 Å². The monoisotopic (exact) mass is 327 g/mol. The second-order valence-corrected chi connectivity index (χ2v) is 5.62. The Balaban J connectivity index is 1.89. The van der Waals surface area contributed by atoms with Crippen LogP contribution in [0.4, 0.5) is 0 Å². The highest BCUT2D eigenvalue weighted by molar-refractivity contribution is 5.77. The predicted molar refractivity (Wildman–Crippen MR) is 98.8 cm³/mol. The van der Waals surface area contributed by atoms with Crippen molar-refractivity contribution in [3.05, 3.63) is 84.9 Å². The van der Waals surface area contributed by atoms with Crippen molar-refractivity contribution in [1.29, 1.82) is 0 Å². The summed E-state index contributed by atoms with van der Waals surface area (Å²) in [5.41, 5.74) is 4.65. The maximum absolute atomic E-state index is 5.31. The largest absolute Gasteiger partial charge is 0.497 e. The molecule has 1 aromatic heterocycles. The van der Waals surface area contributed by atoms with Gasteiger partial charge in [-0.15, -0.1) is 10.2 Å². The first-order chi connectivity index (χ1) is 12.3. The second kappa shape index (κ2) is 6.61. The fourth-order valence-electron chi connectivity index (χ4n) is 2.74. The van der Waals surface area contributed by atoms with Gasteiger partial charge in [0.2, 0.25) is 0 Å². The minimum absolute atomic E-state index is 0.775. The van der Waals surface area contributed by atoms with Gasteiger partial charge < -0.3 is 4.74 Å². The fraction of sp³-hybridized carbons (Fsp3) is 0.0476. The molecule has 0 radical (unpaired) electrons. The molecule has 0 saturated carbocycles. The van der Waals surface area contributed by atoms with Crippen molar-refractivity contribution in [1.82, 2.24) is 15.0 Å². The normalized spacial score (nSPS) is 10.6. The third kappa shape index (κ3) is 3.02. The van der Waals surface area contributed by atoms with E-state index in [0.717, 1.165) is 34.0 Å². The zero-order valence-electron chi connectivity index (χ0n) is 13.8. The van der Waals surface area contributed by atoms with Gasteiger partial charge in [-0.25, -0.2) is 0 Å². The fourth-order valence-corrected chi connectivity index (χ4v) is 2.74. The smallest absolute Gasteiger partial charge is 0.121 e. The van der Waals surface area contributed by atoms with Gasteiger partial charge in [-0.3, -0.25) is 0 Å². The molecule has 4 aromatic rings. The summed E-state index contributed by atoms with van der Waals surface area (Å²) in [6, 6.07) is 27.9. The maximum Gasteiger partial charge on any atom is 0.121 e. The molecular formula is C21H17N3O. The van der Waals surface area contributed by atoms with Gasteiger partial charge in [0, 0.05) is 17.2 Å². The van der Waals surface area contributed by atoms with Crippen LogP contribution in [0.15, 0.2) is 84.9 Å². The number of ether oxygens (including phenoxy) is 1. The van der Waals surface area contributed by atoms with E-state index in [4.69, 9.17) is 14.9 Å². The van der Waals surface area contributed by atoms with Gasteiger partial charge in [-0.05, 0) is 12.1 Å². The number of benzene rings is 3. The van der Waals surface area contributed by atoms with Crippen molar-refractivity contribution in [3.63, 3.8) is 0 Å². The third-order valence-electron chi connectivity index (χ3n) is 3.99. The molecule has 1 heterocycles. The predicted octanol–water partition coefficient (Wildman–Crippen LogP) is 4.61. The van der Waals surface area contributed by atoms with Crippen molar-refractivity contribution in [2.75, 3.05) is 7.11 Å². The standard InChI is InChI=1S/C21H17N3O/c1-25-19-14-8-13-18(15-19)24-22-20(16-9-4-2-5-10-16)21(23-24)17-11-6-3-7-12-17/h2-15H,1H3. The Bertz CT molecular complexity index is 921. The van der Waals surface area contributed by atoms with Crippen LogP contribution in [0.5, 0.6) is 5.75 Å². The Labute approximate surface area is 146 Å². The van der Waals surface area contributed by atoms with Crippen molar-refractivity contribution in [3.8, 4) is 34.0 Å². The molecule has 0 spiro atoms. The summed E-state index contributed by atoms with van der Waals surface area (Å²) in [6.45, 7) is 0. The van der Waals surface area contributed by atoms with Crippen LogP contribution in [-0.2, 0) is 0 Å². The first-order valence-electron chi connectivity index (χ1n) is 8.08. The molecule has 0 aliphatic carbocycles. The highest BCUT2D eigenvalue weighted by Gasteiger charge is 2.15. The van der Waals surface area contributed by atoms with E-state index in [1.165, 1.54) is 0 Å². The minimum atomic E-state index is 0.775. The first-order valence-corrected chi connectivity index (χ1v) is 8.08. The van der Waals surface area contributed by atoms with Gasteiger partial charge in [0.1, 0.15) is 17.1 Å². The zero-order valence-corrected chi connectivity index (χ0v) is 13.8. The van der Waals surface area contributed by atoms with Gasteiger partial charge in [-0.1, -0.05) is 66.7 Å². The number of hydrogen-bond acceptors (Lipinski definition) is 3. The summed E-state index contributed by atoms with van der Waals surface area (Å²) in [5, 5.41) is 9.50. The lowest BCUT2D eigenvalue weighted by atomic mass is 10.1. The van der Waals surface area contributed by atoms with Crippen LogP contribution in [0, 0.1) is 0 Å². The topological polar surface area (TPSA) is 39.9 Å². The summed E-state index contributed by atoms with van der Waals surface area (Å²) in [7, 11) is 1.65. The van der Waals surface area contributed by atoms with Crippen LogP contribution in [0.1, 0.15) is 0 Å². The number of methoxy groups -OCH3 is 1. The summed E-state index contributed by atoms with van der Waals surface area (Å²) in [6.07, 6.45) is 0. The molecule has 0 unspecified atom stereocenters. The van der Waals surface area contributed by atoms with Crippen molar-refractivity contribution < 1.29 is 4.74 Å². The van der Waals surface area contributed by atoms with E-state index in [9.17, 15) is 0 Å². The molecule has 0 amide bonds. The number of rotatable bonds is 4. The van der Waals surface area contributed by atoms with Crippen LogP contribution >= 0.6 is 0 Å². The average Bonchev–Trinajstić information content (AvgIpc) is 3.15. The molecule has 0 bridgehead atoms. The summed E-state index contributed by atoms with van der Waals surface area (Å²) >= 11 is 0. The van der Waals surface area contributed by atoms with Crippen molar-refractivity contribution >= 4 is 0 Å². The Morgan fingerprint density at radius 2 is 1.24 bits per heavy atom. The summed E-state index contributed by atoms with van der Waals surface area (Å²) < 4.78 is 5.31. The summed E-state index contributed by atoms with van der Waals surface area (Å²) in [4.78, 5) is 1.66. The molecule has 3 aromatic carbocycles. The highest BCUT2D eigenvalue weighted by Crippen LogP contribution is 2.29. The zero-order chi connectivity index (χ0) is 17.1. The van der Waals surface area contributed by atoms with Crippen LogP contribution in [0.25, 0.3) is 28.2 Å². The quantitative estimate of drug-likeness (QED) is 0.549. The van der Waals surface area contributed by atoms with Gasteiger partial charge in [-0.2, -0.15) is 4.80 Å². The van der Waals surface area contributed by atoms with E-state index in [2.05, 4.69) is 0 Å². The summed E-state index contributed by atoms with van der Waals surface area (Å²) in [5.74, 6) is 0.775. The molecule has 4 rings (SSSR count). The molecule has 0 aliphatic heterocycles. The third-order valence-corrected chi connectivity index (χ3v) is 3.99. The minimum Gasteiger partial charge on any atom is -0.497 e. The van der Waals surface area contributed by atoms with E-state index in [-0.39, 0.29) is 0 Å². The Morgan fingerprint density at radius 1 is 0.680 bits per heavy atom. The molecule has 0 atom stereocenters. The number of aromatic nitrogens is 3. The van der Waals surface area contributed by atoms with Crippen molar-refractivity contribution in [2.24, 2.45) is 0 Å². The molecule has 122 valence electrons. The molecule has 0 aliphatic rings. The number of hydrogen-bond donors (Lipinski definition) is 0. The van der Waals surface area contributed by atoms with Crippen molar-refractivity contribution in [2.45, 2.75) is 0 Å². The van der Waals surface area contributed by atoms with E-state index >= 15 is 0 Å². The van der Waals surface area contributed by atoms with E-state index in [0.29, 0.717) is 0 Å². The van der Waals surface area contributed by atoms with E-state index < -0.39 is 0 Å². The molecule has 0 saturated heterocycles.